The fourth-order valence-electron chi connectivity index (χ4n) is 3.75. The molecule has 0 saturated carbocycles. The van der Waals surface area contributed by atoms with Gasteiger partial charge < -0.3 is 19.7 Å². The molecule has 1 saturated heterocycles. The number of aromatic nitrogens is 1. The minimum atomic E-state index is -0.175. The van der Waals surface area contributed by atoms with Crippen molar-refractivity contribution in [2.75, 3.05) is 31.5 Å². The fraction of sp³-hybridized carbons (Fsp3) is 0.273. The Hall–Kier alpha value is -2.99. The molecule has 3 amide bonds. The van der Waals surface area contributed by atoms with Gasteiger partial charge in [0.2, 0.25) is 0 Å². The fourth-order valence-corrected chi connectivity index (χ4v) is 3.94. The third-order valence-corrected chi connectivity index (χ3v) is 5.55. The molecular formula is C22H23ClN4O2. The van der Waals surface area contributed by atoms with Gasteiger partial charge in [-0.3, -0.25) is 4.79 Å². The lowest BCUT2D eigenvalue weighted by Gasteiger charge is -2.22. The first-order valence-corrected chi connectivity index (χ1v) is 10.1. The van der Waals surface area contributed by atoms with Crippen molar-refractivity contribution in [3.63, 3.8) is 0 Å². The summed E-state index contributed by atoms with van der Waals surface area (Å²) in [5, 5.41) is 4.50. The molecule has 0 atom stereocenters. The Bertz CT molecular complexity index is 1060. The lowest BCUT2D eigenvalue weighted by atomic mass is 10.2. The van der Waals surface area contributed by atoms with Gasteiger partial charge >= 0.3 is 6.03 Å². The van der Waals surface area contributed by atoms with Crippen LogP contribution >= 0.6 is 11.6 Å². The Morgan fingerprint density at radius 1 is 0.931 bits per heavy atom. The van der Waals surface area contributed by atoms with E-state index in [1.807, 2.05) is 46.8 Å². The molecule has 7 heteroatoms. The SMILES string of the molecule is Cn1c(C(=O)N2CCCN(C(=O)Nc3cccc(Cl)c3)CC2)cc2ccccc21. The summed E-state index contributed by atoms with van der Waals surface area (Å²) in [5.41, 5.74) is 2.37. The summed E-state index contributed by atoms with van der Waals surface area (Å²) >= 11 is 5.98. The largest absolute Gasteiger partial charge is 0.340 e. The molecule has 1 aromatic heterocycles. The first kappa shape index (κ1) is 19.3. The van der Waals surface area contributed by atoms with Crippen LogP contribution < -0.4 is 5.32 Å². The summed E-state index contributed by atoms with van der Waals surface area (Å²) in [7, 11) is 1.91. The third kappa shape index (κ3) is 4.07. The molecule has 0 spiro atoms. The molecule has 1 fully saturated rings. The van der Waals surface area contributed by atoms with Crippen LogP contribution in [-0.2, 0) is 7.05 Å². The quantitative estimate of drug-likeness (QED) is 0.688. The number of carbonyl (C=O) groups is 2. The van der Waals surface area contributed by atoms with E-state index in [-0.39, 0.29) is 11.9 Å². The van der Waals surface area contributed by atoms with Gasteiger partial charge in [-0.25, -0.2) is 4.79 Å². The van der Waals surface area contributed by atoms with E-state index in [9.17, 15) is 9.59 Å². The van der Waals surface area contributed by atoms with Crippen molar-refractivity contribution >= 4 is 40.1 Å². The summed E-state index contributed by atoms with van der Waals surface area (Å²) in [6.45, 7) is 2.22. The van der Waals surface area contributed by atoms with Gasteiger partial charge in [0.05, 0.1) is 0 Å². The molecule has 1 N–H and O–H groups in total. The van der Waals surface area contributed by atoms with Gasteiger partial charge in [0.25, 0.3) is 5.91 Å². The molecular weight excluding hydrogens is 388 g/mol. The maximum Gasteiger partial charge on any atom is 0.321 e. The highest BCUT2D eigenvalue weighted by atomic mass is 35.5. The van der Waals surface area contributed by atoms with Crippen molar-refractivity contribution in [1.29, 1.82) is 0 Å². The van der Waals surface area contributed by atoms with E-state index in [2.05, 4.69) is 5.32 Å². The number of carbonyl (C=O) groups excluding carboxylic acids is 2. The van der Waals surface area contributed by atoms with Gasteiger partial charge in [0, 0.05) is 54.8 Å². The zero-order valence-electron chi connectivity index (χ0n) is 16.3. The minimum absolute atomic E-state index is 0.000740. The standard InChI is InChI=1S/C22H23ClN4O2/c1-25-19-9-3-2-6-16(19)14-20(25)21(28)26-10-5-11-27(13-12-26)22(29)24-18-8-4-7-17(23)15-18/h2-4,6-9,14-15H,5,10-13H2,1H3,(H,24,29). The van der Waals surface area contributed by atoms with Crippen LogP contribution in [-0.4, -0.2) is 52.5 Å². The average Bonchev–Trinajstić information content (AvgIpc) is 2.89. The Balaban J connectivity index is 1.43. The van der Waals surface area contributed by atoms with Crippen molar-refractivity contribution in [2.24, 2.45) is 7.05 Å². The molecule has 0 bridgehead atoms. The number of amides is 3. The maximum absolute atomic E-state index is 13.1. The number of para-hydroxylation sites is 1. The van der Waals surface area contributed by atoms with E-state index in [1.165, 1.54) is 0 Å². The smallest absolute Gasteiger partial charge is 0.321 e. The zero-order valence-corrected chi connectivity index (χ0v) is 17.0. The number of hydrogen-bond acceptors (Lipinski definition) is 2. The molecule has 0 aliphatic carbocycles. The maximum atomic E-state index is 13.1. The molecule has 6 nitrogen and oxygen atoms in total. The number of fused-ring (bicyclic) bond motifs is 1. The highest BCUT2D eigenvalue weighted by Crippen LogP contribution is 2.20. The van der Waals surface area contributed by atoms with E-state index in [0.717, 1.165) is 17.3 Å². The minimum Gasteiger partial charge on any atom is -0.340 e. The van der Waals surface area contributed by atoms with Crippen LogP contribution in [0, 0.1) is 0 Å². The number of anilines is 1. The molecule has 2 heterocycles. The molecule has 0 unspecified atom stereocenters. The first-order chi connectivity index (χ1) is 14.0. The second-order valence-corrected chi connectivity index (χ2v) is 7.66. The van der Waals surface area contributed by atoms with Crippen molar-refractivity contribution < 1.29 is 9.59 Å². The van der Waals surface area contributed by atoms with Crippen LogP contribution in [0.1, 0.15) is 16.9 Å². The lowest BCUT2D eigenvalue weighted by molar-refractivity contribution is 0.0753. The van der Waals surface area contributed by atoms with E-state index >= 15 is 0 Å². The van der Waals surface area contributed by atoms with Crippen LogP contribution in [0.25, 0.3) is 10.9 Å². The van der Waals surface area contributed by atoms with Gasteiger partial charge in [-0.1, -0.05) is 35.9 Å². The number of benzene rings is 2. The van der Waals surface area contributed by atoms with Gasteiger partial charge in [-0.2, -0.15) is 0 Å². The van der Waals surface area contributed by atoms with Gasteiger partial charge in [-0.05, 0) is 36.8 Å². The Labute approximate surface area is 174 Å². The molecule has 3 aromatic rings. The number of nitrogens with one attached hydrogen (secondary N) is 1. The van der Waals surface area contributed by atoms with Gasteiger partial charge in [0.1, 0.15) is 5.69 Å². The molecule has 0 radical (unpaired) electrons. The van der Waals surface area contributed by atoms with Crippen molar-refractivity contribution in [3.05, 3.63) is 65.3 Å². The van der Waals surface area contributed by atoms with Crippen LogP contribution in [0.15, 0.2) is 54.6 Å². The summed E-state index contributed by atoms with van der Waals surface area (Å²) in [6.07, 6.45) is 0.735. The van der Waals surface area contributed by atoms with Crippen LogP contribution in [0.3, 0.4) is 0 Å². The number of hydrogen-bond donors (Lipinski definition) is 1. The Kier molecular flexibility index (Phi) is 5.45. The Morgan fingerprint density at radius 3 is 2.48 bits per heavy atom. The number of rotatable bonds is 2. The van der Waals surface area contributed by atoms with E-state index in [1.54, 1.807) is 29.2 Å². The molecule has 29 heavy (non-hydrogen) atoms. The normalized spacial score (nSPS) is 14.7. The molecule has 1 aliphatic heterocycles. The van der Waals surface area contributed by atoms with Crippen molar-refractivity contribution in [2.45, 2.75) is 6.42 Å². The van der Waals surface area contributed by atoms with E-state index in [4.69, 9.17) is 11.6 Å². The second-order valence-electron chi connectivity index (χ2n) is 7.22. The number of nitrogens with zero attached hydrogens (tertiary/aromatic N) is 3. The summed E-state index contributed by atoms with van der Waals surface area (Å²) in [6, 6.07) is 16.8. The lowest BCUT2D eigenvalue weighted by Crippen LogP contribution is -2.39. The van der Waals surface area contributed by atoms with E-state index < -0.39 is 0 Å². The highest BCUT2D eigenvalue weighted by molar-refractivity contribution is 6.30. The summed E-state index contributed by atoms with van der Waals surface area (Å²) < 4.78 is 1.94. The third-order valence-electron chi connectivity index (χ3n) is 5.32. The second kappa shape index (κ2) is 8.17. The van der Waals surface area contributed by atoms with Crippen molar-refractivity contribution in [3.8, 4) is 0 Å². The first-order valence-electron chi connectivity index (χ1n) is 9.68. The predicted molar refractivity (Wildman–Crippen MR) is 115 cm³/mol. The molecule has 2 aromatic carbocycles. The number of halogens is 1. The number of aryl methyl sites for hydroxylation is 1. The van der Waals surface area contributed by atoms with Gasteiger partial charge in [-0.15, -0.1) is 0 Å². The Morgan fingerprint density at radius 2 is 1.69 bits per heavy atom. The molecule has 1 aliphatic rings. The van der Waals surface area contributed by atoms with Crippen LogP contribution in [0.4, 0.5) is 10.5 Å². The average molecular weight is 411 g/mol. The summed E-state index contributed by atoms with van der Waals surface area (Å²) in [4.78, 5) is 29.3. The number of urea groups is 1. The topological polar surface area (TPSA) is 57.6 Å². The molecule has 4 rings (SSSR count). The monoisotopic (exact) mass is 410 g/mol. The van der Waals surface area contributed by atoms with Crippen molar-refractivity contribution in [1.82, 2.24) is 14.4 Å². The zero-order chi connectivity index (χ0) is 20.4. The predicted octanol–water partition coefficient (Wildman–Crippen LogP) is 4.21. The van der Waals surface area contributed by atoms with Gasteiger partial charge in [0.15, 0.2) is 0 Å². The van der Waals surface area contributed by atoms with Crippen LogP contribution in [0.2, 0.25) is 5.02 Å². The summed E-state index contributed by atoms with van der Waals surface area (Å²) in [5.74, 6) is 0.000740. The van der Waals surface area contributed by atoms with Crippen LogP contribution in [0.5, 0.6) is 0 Å². The molecule has 150 valence electrons. The van der Waals surface area contributed by atoms with E-state index in [0.29, 0.717) is 42.6 Å². The highest BCUT2D eigenvalue weighted by Gasteiger charge is 2.25.